The standard InChI is InChI=1S/C12H14N2O4/c1-18-11-5-4-9(14(16)17)8-10(11)12(15)13-6-2-3-7-13/h4-5,8H,2-3,6-7H2,1H3. The van der Waals surface area contributed by atoms with Crippen LogP contribution in [-0.4, -0.2) is 35.9 Å². The van der Waals surface area contributed by atoms with Gasteiger partial charge in [0.25, 0.3) is 11.6 Å². The number of nitrogens with zero attached hydrogens (tertiary/aromatic N) is 2. The van der Waals surface area contributed by atoms with Crippen LogP contribution in [-0.2, 0) is 0 Å². The number of carbonyl (C=O) groups excluding carboxylic acids is 1. The van der Waals surface area contributed by atoms with Gasteiger partial charge in [-0.1, -0.05) is 0 Å². The van der Waals surface area contributed by atoms with E-state index in [2.05, 4.69) is 0 Å². The van der Waals surface area contributed by atoms with E-state index in [4.69, 9.17) is 4.74 Å². The van der Waals surface area contributed by atoms with Crippen molar-refractivity contribution >= 4 is 11.6 Å². The summed E-state index contributed by atoms with van der Waals surface area (Å²) in [5, 5.41) is 10.7. The predicted molar refractivity (Wildman–Crippen MR) is 64.8 cm³/mol. The Morgan fingerprint density at radius 3 is 2.61 bits per heavy atom. The number of amides is 1. The van der Waals surface area contributed by atoms with Crippen LogP contribution in [0.5, 0.6) is 5.75 Å². The Hall–Kier alpha value is -2.11. The maximum absolute atomic E-state index is 12.2. The van der Waals surface area contributed by atoms with Crippen molar-refractivity contribution in [3.8, 4) is 5.75 Å². The zero-order chi connectivity index (χ0) is 13.1. The molecule has 1 aromatic rings. The lowest BCUT2D eigenvalue weighted by Crippen LogP contribution is -2.28. The number of non-ortho nitro benzene ring substituents is 1. The second-order valence-corrected chi connectivity index (χ2v) is 4.14. The fourth-order valence-electron chi connectivity index (χ4n) is 2.07. The third-order valence-electron chi connectivity index (χ3n) is 3.02. The van der Waals surface area contributed by atoms with Crippen LogP contribution in [0.1, 0.15) is 23.2 Å². The van der Waals surface area contributed by atoms with E-state index in [1.807, 2.05) is 0 Å². The highest BCUT2D eigenvalue weighted by Crippen LogP contribution is 2.26. The highest BCUT2D eigenvalue weighted by Gasteiger charge is 2.24. The van der Waals surface area contributed by atoms with Crippen molar-refractivity contribution in [1.29, 1.82) is 0 Å². The highest BCUT2D eigenvalue weighted by atomic mass is 16.6. The molecule has 0 bridgehead atoms. The van der Waals surface area contributed by atoms with E-state index in [0.717, 1.165) is 12.8 Å². The van der Waals surface area contributed by atoms with E-state index in [1.54, 1.807) is 4.90 Å². The fraction of sp³-hybridized carbons (Fsp3) is 0.417. The summed E-state index contributed by atoms with van der Waals surface area (Å²) in [7, 11) is 1.45. The molecule has 0 N–H and O–H groups in total. The number of methoxy groups -OCH3 is 1. The Morgan fingerprint density at radius 2 is 2.06 bits per heavy atom. The molecule has 0 aromatic heterocycles. The van der Waals surface area contributed by atoms with Gasteiger partial charge >= 0.3 is 0 Å². The van der Waals surface area contributed by atoms with Gasteiger partial charge in [0.1, 0.15) is 5.75 Å². The molecule has 6 nitrogen and oxygen atoms in total. The van der Waals surface area contributed by atoms with Gasteiger partial charge in [-0.3, -0.25) is 14.9 Å². The third-order valence-corrected chi connectivity index (χ3v) is 3.02. The van der Waals surface area contributed by atoms with Gasteiger partial charge in [-0.15, -0.1) is 0 Å². The van der Waals surface area contributed by atoms with Gasteiger partial charge in [-0.2, -0.15) is 0 Å². The summed E-state index contributed by atoms with van der Waals surface area (Å²) in [5.74, 6) is 0.172. The van der Waals surface area contributed by atoms with Crippen LogP contribution in [0, 0.1) is 10.1 Å². The Bertz CT molecular complexity index is 481. The molecule has 0 aliphatic carbocycles. The Balaban J connectivity index is 2.36. The molecule has 1 amide bonds. The highest BCUT2D eigenvalue weighted by molar-refractivity contribution is 5.97. The van der Waals surface area contributed by atoms with Crippen molar-refractivity contribution in [2.75, 3.05) is 20.2 Å². The largest absolute Gasteiger partial charge is 0.496 e. The first-order valence-corrected chi connectivity index (χ1v) is 5.75. The van der Waals surface area contributed by atoms with Crippen molar-refractivity contribution in [3.63, 3.8) is 0 Å². The molecule has 0 atom stereocenters. The quantitative estimate of drug-likeness (QED) is 0.606. The molecule has 1 aliphatic heterocycles. The van der Waals surface area contributed by atoms with Crippen LogP contribution in [0.3, 0.4) is 0 Å². The van der Waals surface area contributed by atoms with E-state index in [9.17, 15) is 14.9 Å². The van der Waals surface area contributed by atoms with Gasteiger partial charge in [0, 0.05) is 25.2 Å². The molecule has 1 heterocycles. The summed E-state index contributed by atoms with van der Waals surface area (Å²) < 4.78 is 5.09. The molecule has 1 saturated heterocycles. The lowest BCUT2D eigenvalue weighted by molar-refractivity contribution is -0.384. The first-order chi connectivity index (χ1) is 8.63. The summed E-state index contributed by atoms with van der Waals surface area (Å²) in [6, 6.07) is 4.07. The van der Waals surface area contributed by atoms with Gasteiger partial charge in [0.05, 0.1) is 17.6 Å². The fourth-order valence-corrected chi connectivity index (χ4v) is 2.07. The maximum atomic E-state index is 12.2. The average molecular weight is 250 g/mol. The number of hydrogen-bond acceptors (Lipinski definition) is 4. The number of benzene rings is 1. The Morgan fingerprint density at radius 1 is 1.39 bits per heavy atom. The second-order valence-electron chi connectivity index (χ2n) is 4.14. The van der Waals surface area contributed by atoms with Crippen molar-refractivity contribution < 1.29 is 14.5 Å². The summed E-state index contributed by atoms with van der Waals surface area (Å²) >= 11 is 0. The molecular weight excluding hydrogens is 236 g/mol. The second kappa shape index (κ2) is 5.03. The maximum Gasteiger partial charge on any atom is 0.270 e. The number of hydrogen-bond donors (Lipinski definition) is 0. The van der Waals surface area contributed by atoms with Crippen LogP contribution in [0.4, 0.5) is 5.69 Å². The van der Waals surface area contributed by atoms with Gasteiger partial charge in [0.15, 0.2) is 0 Å². The van der Waals surface area contributed by atoms with E-state index >= 15 is 0 Å². The number of carbonyl (C=O) groups is 1. The van der Waals surface area contributed by atoms with Crippen molar-refractivity contribution in [2.45, 2.75) is 12.8 Å². The summed E-state index contributed by atoms with van der Waals surface area (Å²) in [5.41, 5.74) is 0.159. The van der Waals surface area contributed by atoms with Crippen LogP contribution in [0.25, 0.3) is 0 Å². The van der Waals surface area contributed by atoms with E-state index in [1.165, 1.54) is 25.3 Å². The van der Waals surface area contributed by atoms with E-state index < -0.39 is 4.92 Å². The lowest BCUT2D eigenvalue weighted by atomic mass is 10.1. The lowest BCUT2D eigenvalue weighted by Gasteiger charge is -2.16. The molecule has 0 radical (unpaired) electrons. The molecule has 1 fully saturated rings. The smallest absolute Gasteiger partial charge is 0.270 e. The number of ether oxygens (including phenoxy) is 1. The third kappa shape index (κ3) is 2.27. The molecule has 0 unspecified atom stereocenters. The van der Waals surface area contributed by atoms with Crippen LogP contribution in [0.15, 0.2) is 18.2 Å². The van der Waals surface area contributed by atoms with Gasteiger partial charge in [-0.05, 0) is 18.9 Å². The first-order valence-electron chi connectivity index (χ1n) is 5.75. The van der Waals surface area contributed by atoms with Crippen molar-refractivity contribution in [1.82, 2.24) is 4.90 Å². The SMILES string of the molecule is COc1ccc([N+](=O)[O-])cc1C(=O)N1CCCC1. The average Bonchev–Trinajstić information content (AvgIpc) is 2.90. The van der Waals surface area contributed by atoms with Gasteiger partial charge in [0.2, 0.25) is 0 Å². The van der Waals surface area contributed by atoms with Gasteiger partial charge < -0.3 is 9.64 Å². The van der Waals surface area contributed by atoms with Crippen molar-refractivity contribution in [3.05, 3.63) is 33.9 Å². The summed E-state index contributed by atoms with van der Waals surface area (Å²) in [6.07, 6.45) is 1.95. The Labute approximate surface area is 104 Å². The normalized spacial score (nSPS) is 14.6. The molecule has 1 aromatic carbocycles. The zero-order valence-electron chi connectivity index (χ0n) is 10.1. The molecule has 0 spiro atoms. The summed E-state index contributed by atoms with van der Waals surface area (Å²) in [4.78, 5) is 24.1. The summed E-state index contributed by atoms with van der Waals surface area (Å²) in [6.45, 7) is 1.40. The topological polar surface area (TPSA) is 72.7 Å². The van der Waals surface area contributed by atoms with Crippen LogP contribution < -0.4 is 4.74 Å². The predicted octanol–water partition coefficient (Wildman–Crippen LogP) is 1.84. The number of nitro benzene ring substituents is 1. The molecule has 0 saturated carbocycles. The molecule has 18 heavy (non-hydrogen) atoms. The molecule has 1 aliphatic rings. The molecular formula is C12H14N2O4. The minimum Gasteiger partial charge on any atom is -0.496 e. The first kappa shape index (κ1) is 12.3. The van der Waals surface area contributed by atoms with Crippen LogP contribution in [0.2, 0.25) is 0 Å². The van der Waals surface area contributed by atoms with Crippen LogP contribution >= 0.6 is 0 Å². The minimum absolute atomic E-state index is 0.0988. The number of likely N-dealkylation sites (tertiary alicyclic amines) is 1. The van der Waals surface area contributed by atoms with Gasteiger partial charge in [-0.25, -0.2) is 0 Å². The monoisotopic (exact) mass is 250 g/mol. The van der Waals surface area contributed by atoms with E-state index in [-0.39, 0.29) is 17.2 Å². The molecule has 2 rings (SSSR count). The number of nitro groups is 1. The van der Waals surface area contributed by atoms with E-state index in [0.29, 0.717) is 18.8 Å². The zero-order valence-corrected chi connectivity index (χ0v) is 10.1. The number of rotatable bonds is 3. The molecule has 96 valence electrons. The Kier molecular flexibility index (Phi) is 3.45. The van der Waals surface area contributed by atoms with Crippen molar-refractivity contribution in [2.24, 2.45) is 0 Å². The minimum atomic E-state index is -0.514. The molecule has 6 heteroatoms.